The molecular weight excluding hydrogens is 242 g/mol. The van der Waals surface area contributed by atoms with Crippen molar-refractivity contribution in [2.24, 2.45) is 0 Å². The van der Waals surface area contributed by atoms with Crippen LogP contribution in [0.1, 0.15) is 20.8 Å². The molecule has 0 saturated carbocycles. The van der Waals surface area contributed by atoms with E-state index in [9.17, 15) is 0 Å². The van der Waals surface area contributed by atoms with Crippen molar-refractivity contribution in [3.05, 3.63) is 11.8 Å². The fraction of sp³-hybridized carbons (Fsp3) is 0.769. The summed E-state index contributed by atoms with van der Waals surface area (Å²) in [5.41, 5.74) is 0. The lowest BCUT2D eigenvalue weighted by atomic mass is 10.2. The second kappa shape index (κ2) is 5.41. The van der Waals surface area contributed by atoms with Gasteiger partial charge in [-0.25, -0.2) is 0 Å². The predicted molar refractivity (Wildman–Crippen MR) is 80.1 cm³/mol. The number of nitriles is 1. The van der Waals surface area contributed by atoms with Crippen LogP contribution in [-0.4, -0.2) is 16.4 Å². The van der Waals surface area contributed by atoms with Crippen LogP contribution in [-0.2, 0) is 4.43 Å². The highest BCUT2D eigenvalue weighted by atomic mass is 28.4. The molecular formula is C13H27NOSi2. The minimum Gasteiger partial charge on any atom is -0.537 e. The lowest BCUT2D eigenvalue weighted by Crippen LogP contribution is -2.40. The summed E-state index contributed by atoms with van der Waals surface area (Å²) in [5.74, 6) is 0.527. The first-order valence-electron chi connectivity index (χ1n) is 6.18. The van der Waals surface area contributed by atoms with Crippen LogP contribution in [0.2, 0.25) is 43.8 Å². The molecule has 0 bridgehead atoms. The van der Waals surface area contributed by atoms with E-state index in [2.05, 4.69) is 59.6 Å². The second-order valence-electron chi connectivity index (χ2n) is 7.31. The Bertz CT molecular complexity index is 327. The van der Waals surface area contributed by atoms with Crippen molar-refractivity contribution in [1.29, 1.82) is 5.26 Å². The van der Waals surface area contributed by atoms with E-state index in [-0.39, 0.29) is 5.04 Å². The third kappa shape index (κ3) is 6.08. The molecule has 0 heterocycles. The highest BCUT2D eigenvalue weighted by molar-refractivity contribution is 6.76. The maximum atomic E-state index is 9.15. The smallest absolute Gasteiger partial charge is 0.251 e. The largest absolute Gasteiger partial charge is 0.537 e. The Kier molecular flexibility index (Phi) is 5.23. The van der Waals surface area contributed by atoms with Crippen molar-refractivity contribution < 1.29 is 4.43 Å². The lowest BCUT2D eigenvalue weighted by molar-refractivity contribution is 0.402. The van der Waals surface area contributed by atoms with Gasteiger partial charge in [-0.1, -0.05) is 40.4 Å². The summed E-state index contributed by atoms with van der Waals surface area (Å²) in [7, 11) is -3.01. The summed E-state index contributed by atoms with van der Waals surface area (Å²) in [6.07, 6.45) is 1.99. The molecule has 2 nitrogen and oxygen atoms in total. The van der Waals surface area contributed by atoms with E-state index in [1.165, 1.54) is 0 Å². The van der Waals surface area contributed by atoms with Gasteiger partial charge in [-0.05, 0) is 30.3 Å². The SMILES string of the molecule is CC(C)(C)[Si](C)(C)O/C(C#N)=C/C[Si](C)(C)C. The molecule has 0 aliphatic rings. The number of nitrogens with zero attached hydrogens (tertiary/aromatic N) is 1. The van der Waals surface area contributed by atoms with E-state index < -0.39 is 16.4 Å². The quantitative estimate of drug-likeness (QED) is 0.419. The molecule has 0 aromatic carbocycles. The van der Waals surface area contributed by atoms with E-state index in [0.29, 0.717) is 5.76 Å². The molecule has 0 spiro atoms. The molecule has 17 heavy (non-hydrogen) atoms. The fourth-order valence-corrected chi connectivity index (χ4v) is 2.72. The third-order valence-electron chi connectivity index (χ3n) is 3.18. The van der Waals surface area contributed by atoms with Crippen LogP contribution >= 0.6 is 0 Å². The summed E-state index contributed by atoms with van der Waals surface area (Å²) >= 11 is 0. The molecule has 0 aromatic heterocycles. The van der Waals surface area contributed by atoms with Crippen LogP contribution in [0.25, 0.3) is 0 Å². The zero-order valence-corrected chi connectivity index (χ0v) is 14.6. The van der Waals surface area contributed by atoms with Crippen molar-refractivity contribution in [2.75, 3.05) is 0 Å². The van der Waals surface area contributed by atoms with Crippen LogP contribution in [0.15, 0.2) is 11.8 Å². The van der Waals surface area contributed by atoms with Gasteiger partial charge in [-0.15, -0.1) is 0 Å². The van der Waals surface area contributed by atoms with Gasteiger partial charge >= 0.3 is 0 Å². The summed E-state index contributed by atoms with van der Waals surface area (Å²) in [5, 5.41) is 9.29. The summed E-state index contributed by atoms with van der Waals surface area (Å²) < 4.78 is 6.01. The topological polar surface area (TPSA) is 33.0 Å². The van der Waals surface area contributed by atoms with Gasteiger partial charge < -0.3 is 4.43 Å². The Morgan fingerprint density at radius 2 is 1.65 bits per heavy atom. The molecule has 0 unspecified atom stereocenters. The monoisotopic (exact) mass is 269 g/mol. The van der Waals surface area contributed by atoms with E-state index in [0.717, 1.165) is 6.04 Å². The molecule has 0 aliphatic carbocycles. The second-order valence-corrected chi connectivity index (χ2v) is 17.6. The summed E-state index contributed by atoms with van der Waals surface area (Å²) in [4.78, 5) is 0. The Labute approximate surface area is 109 Å². The van der Waals surface area contributed by atoms with Crippen molar-refractivity contribution in [3.63, 3.8) is 0 Å². The summed E-state index contributed by atoms with van der Waals surface area (Å²) in [6, 6.07) is 3.20. The molecule has 98 valence electrons. The van der Waals surface area contributed by atoms with Gasteiger partial charge in [0.2, 0.25) is 0 Å². The van der Waals surface area contributed by atoms with Gasteiger partial charge in [-0.2, -0.15) is 5.26 Å². The van der Waals surface area contributed by atoms with Gasteiger partial charge in [-0.3, -0.25) is 0 Å². The predicted octanol–water partition coefficient (Wildman–Crippen LogP) is 4.75. The first kappa shape index (κ1) is 16.5. The van der Waals surface area contributed by atoms with Gasteiger partial charge in [0.1, 0.15) is 6.07 Å². The number of allylic oxidation sites excluding steroid dienone is 2. The van der Waals surface area contributed by atoms with Crippen molar-refractivity contribution in [1.82, 2.24) is 0 Å². The summed E-state index contributed by atoms with van der Waals surface area (Å²) in [6.45, 7) is 17.8. The highest BCUT2D eigenvalue weighted by Crippen LogP contribution is 2.37. The van der Waals surface area contributed by atoms with Crippen LogP contribution in [0.3, 0.4) is 0 Å². The molecule has 4 heteroatoms. The van der Waals surface area contributed by atoms with E-state index in [1.54, 1.807) is 0 Å². The minimum absolute atomic E-state index is 0.141. The van der Waals surface area contributed by atoms with Crippen LogP contribution < -0.4 is 0 Å². The first-order valence-corrected chi connectivity index (χ1v) is 12.8. The van der Waals surface area contributed by atoms with Crippen molar-refractivity contribution >= 4 is 16.4 Å². The third-order valence-corrected chi connectivity index (χ3v) is 8.95. The Morgan fingerprint density at radius 1 is 1.18 bits per heavy atom. The van der Waals surface area contributed by atoms with Crippen LogP contribution in [0.4, 0.5) is 0 Å². The average Bonchev–Trinajstić information content (AvgIpc) is 2.08. The molecule has 0 saturated heterocycles. The van der Waals surface area contributed by atoms with E-state index in [1.807, 2.05) is 6.08 Å². The average molecular weight is 270 g/mol. The number of rotatable bonds is 4. The standard InChI is InChI=1S/C13H27NOSi2/c1-13(2,3)17(7,8)15-12(11-14)9-10-16(4,5)6/h9H,10H2,1-8H3/b12-9+. The lowest BCUT2D eigenvalue weighted by Gasteiger charge is -2.36. The first-order chi connectivity index (χ1) is 7.39. The molecule has 0 N–H and O–H groups in total. The molecule has 0 fully saturated rings. The molecule has 0 amide bonds. The highest BCUT2D eigenvalue weighted by Gasteiger charge is 2.39. The minimum atomic E-state index is -1.86. The molecule has 0 aromatic rings. The van der Waals surface area contributed by atoms with Gasteiger partial charge in [0.25, 0.3) is 8.32 Å². The van der Waals surface area contributed by atoms with E-state index in [4.69, 9.17) is 9.69 Å². The Hall–Kier alpha value is -0.536. The van der Waals surface area contributed by atoms with Crippen LogP contribution in [0.5, 0.6) is 0 Å². The zero-order valence-electron chi connectivity index (χ0n) is 12.6. The Morgan fingerprint density at radius 3 is 1.94 bits per heavy atom. The van der Waals surface area contributed by atoms with E-state index >= 15 is 0 Å². The number of hydrogen-bond acceptors (Lipinski definition) is 2. The van der Waals surface area contributed by atoms with Gasteiger partial charge in [0.15, 0.2) is 5.76 Å². The van der Waals surface area contributed by atoms with Crippen LogP contribution in [0, 0.1) is 11.3 Å². The Balaban J connectivity index is 4.81. The maximum Gasteiger partial charge on any atom is 0.251 e. The maximum absolute atomic E-state index is 9.15. The molecule has 0 atom stereocenters. The molecule has 0 aliphatic heterocycles. The molecule has 0 rings (SSSR count). The van der Waals surface area contributed by atoms with Gasteiger partial charge in [0.05, 0.1) is 0 Å². The molecule has 0 radical (unpaired) electrons. The normalized spacial score (nSPS) is 14.4. The van der Waals surface area contributed by atoms with Crippen molar-refractivity contribution in [3.8, 4) is 6.07 Å². The van der Waals surface area contributed by atoms with Gasteiger partial charge in [0, 0.05) is 8.07 Å². The van der Waals surface area contributed by atoms with Crippen molar-refractivity contribution in [2.45, 2.75) is 64.6 Å². The fourth-order valence-electron chi connectivity index (χ4n) is 0.937. The zero-order chi connectivity index (χ0) is 13.9. The number of hydrogen-bond donors (Lipinski definition) is 0.